The summed E-state index contributed by atoms with van der Waals surface area (Å²) in [6, 6.07) is 7.66. The average Bonchev–Trinajstić information content (AvgIpc) is 2.39. The van der Waals surface area contributed by atoms with Gasteiger partial charge in [-0.3, -0.25) is 4.79 Å². The lowest BCUT2D eigenvalue weighted by Crippen LogP contribution is -2.24. The van der Waals surface area contributed by atoms with E-state index in [2.05, 4.69) is 13.8 Å². The Bertz CT molecular complexity index is 794. The van der Waals surface area contributed by atoms with Crippen LogP contribution in [-0.4, -0.2) is 5.25 Å². The van der Waals surface area contributed by atoms with Gasteiger partial charge in [0, 0.05) is 37.2 Å². The van der Waals surface area contributed by atoms with E-state index in [1.165, 1.54) is 0 Å². The number of halogens is 2. The van der Waals surface area contributed by atoms with Gasteiger partial charge in [-0.2, -0.15) is 0 Å². The van der Waals surface area contributed by atoms with Crippen molar-refractivity contribution >= 4 is 62.5 Å². The van der Waals surface area contributed by atoms with E-state index in [-0.39, 0.29) is 5.43 Å². The third-order valence-electron chi connectivity index (χ3n) is 3.29. The minimum Gasteiger partial charge on any atom is -0.289 e. The molecule has 0 saturated carbocycles. The number of benzene rings is 1. The van der Waals surface area contributed by atoms with E-state index < -0.39 is 4.21 Å². The Morgan fingerprint density at radius 3 is 2.76 bits per heavy atom. The van der Waals surface area contributed by atoms with Gasteiger partial charge in [-0.1, -0.05) is 37.6 Å². The second-order valence-corrected chi connectivity index (χ2v) is 9.62. The van der Waals surface area contributed by atoms with E-state index in [1.54, 1.807) is 29.2 Å². The second kappa shape index (κ2) is 5.62. The molecule has 5 heteroatoms. The number of fused-ring (bicyclic) bond motifs is 2. The lowest BCUT2D eigenvalue weighted by atomic mass is 10.0. The highest BCUT2D eigenvalue weighted by Crippen LogP contribution is 2.53. The van der Waals surface area contributed by atoms with E-state index in [0.29, 0.717) is 22.3 Å². The molecular formula is C16H14Cl2OS2. The van der Waals surface area contributed by atoms with Gasteiger partial charge in [0.25, 0.3) is 0 Å². The molecule has 2 aromatic rings. The average molecular weight is 357 g/mol. The Labute approximate surface area is 142 Å². The predicted molar refractivity (Wildman–Crippen MR) is 96.8 cm³/mol. The minimum absolute atomic E-state index is 0.0200. The van der Waals surface area contributed by atoms with Crippen LogP contribution in [0.25, 0.3) is 16.2 Å². The van der Waals surface area contributed by atoms with Gasteiger partial charge < -0.3 is 0 Å². The van der Waals surface area contributed by atoms with Gasteiger partial charge in [0.1, 0.15) is 4.21 Å². The van der Waals surface area contributed by atoms with Crippen molar-refractivity contribution in [3.8, 4) is 0 Å². The molecule has 1 atom stereocenters. The number of alkyl halides is 1. The summed E-state index contributed by atoms with van der Waals surface area (Å²) in [6.45, 7) is 4.20. The molecule has 1 aliphatic carbocycles. The van der Waals surface area contributed by atoms with Gasteiger partial charge in [0.15, 0.2) is 5.43 Å². The van der Waals surface area contributed by atoms with Crippen molar-refractivity contribution in [2.45, 2.75) is 29.7 Å². The summed E-state index contributed by atoms with van der Waals surface area (Å²) in [5, 5.41) is 1.73. The predicted octanol–water partition coefficient (Wildman–Crippen LogP) is 5.78. The lowest BCUT2D eigenvalue weighted by molar-refractivity contribution is 0.865. The molecule has 1 heterocycles. The van der Waals surface area contributed by atoms with Crippen molar-refractivity contribution in [1.82, 2.24) is 0 Å². The topological polar surface area (TPSA) is 17.1 Å². The summed E-state index contributed by atoms with van der Waals surface area (Å²) in [6.07, 6.45) is 2.34. The third-order valence-corrected chi connectivity index (χ3v) is 6.91. The van der Waals surface area contributed by atoms with Crippen LogP contribution in [-0.2, 0) is 4.21 Å². The van der Waals surface area contributed by atoms with E-state index in [9.17, 15) is 4.79 Å². The summed E-state index contributed by atoms with van der Waals surface area (Å²) in [4.78, 5) is 13.7. The molecule has 0 bridgehead atoms. The van der Waals surface area contributed by atoms with E-state index in [0.717, 1.165) is 15.0 Å². The lowest BCUT2D eigenvalue weighted by Gasteiger charge is -2.32. The quantitative estimate of drug-likeness (QED) is 0.634. The van der Waals surface area contributed by atoms with Gasteiger partial charge in [0.2, 0.25) is 0 Å². The van der Waals surface area contributed by atoms with E-state index in [4.69, 9.17) is 23.2 Å². The van der Waals surface area contributed by atoms with Crippen molar-refractivity contribution in [3.63, 3.8) is 0 Å². The molecule has 21 heavy (non-hydrogen) atoms. The molecule has 1 unspecified atom stereocenters. The monoisotopic (exact) mass is 356 g/mol. The van der Waals surface area contributed by atoms with Crippen LogP contribution >= 0.6 is 46.3 Å². The molecule has 1 aliphatic rings. The summed E-state index contributed by atoms with van der Waals surface area (Å²) in [5.41, 5.74) is 0.671. The zero-order valence-corrected chi connectivity index (χ0v) is 14.8. The molecule has 3 rings (SSSR count). The van der Waals surface area contributed by atoms with Gasteiger partial charge >= 0.3 is 0 Å². The molecule has 0 radical (unpaired) electrons. The Hall–Kier alpha value is -0.480. The van der Waals surface area contributed by atoms with Crippen LogP contribution in [0.15, 0.2) is 34.1 Å². The Balaban J connectivity index is 2.33. The zero-order valence-electron chi connectivity index (χ0n) is 11.7. The Kier molecular flexibility index (Phi) is 4.12. The maximum Gasteiger partial charge on any atom is 0.195 e. The fraction of sp³-hybridized carbons (Fsp3) is 0.312. The first-order chi connectivity index (χ1) is 9.90. The molecule has 1 aromatic heterocycles. The summed E-state index contributed by atoms with van der Waals surface area (Å²) in [7, 11) is 0. The normalized spacial score (nSPS) is 21.5. The van der Waals surface area contributed by atoms with Crippen molar-refractivity contribution in [2.75, 3.05) is 0 Å². The molecule has 1 nitrogen and oxygen atoms in total. The minimum atomic E-state index is -0.650. The first-order valence-electron chi connectivity index (χ1n) is 6.70. The molecule has 0 amide bonds. The number of allylic oxidation sites excluding steroid dienone is 1. The molecule has 0 saturated heterocycles. The van der Waals surface area contributed by atoms with E-state index >= 15 is 0 Å². The van der Waals surface area contributed by atoms with Crippen LogP contribution in [0.4, 0.5) is 0 Å². The van der Waals surface area contributed by atoms with Crippen molar-refractivity contribution < 1.29 is 0 Å². The Morgan fingerprint density at radius 2 is 2.05 bits per heavy atom. The van der Waals surface area contributed by atoms with Crippen LogP contribution < -0.4 is 5.43 Å². The van der Waals surface area contributed by atoms with Crippen LogP contribution in [0.1, 0.15) is 30.7 Å². The highest BCUT2D eigenvalue weighted by molar-refractivity contribution is 8.02. The molecule has 110 valence electrons. The first kappa shape index (κ1) is 15.4. The maximum atomic E-state index is 12.7. The number of hydrogen-bond donors (Lipinski definition) is 0. The summed E-state index contributed by atoms with van der Waals surface area (Å²) >= 11 is 16.4. The third kappa shape index (κ3) is 2.77. The number of thioether (sulfide) groups is 1. The second-order valence-electron chi connectivity index (χ2n) is 5.33. The van der Waals surface area contributed by atoms with Gasteiger partial charge in [0.05, 0.1) is 0 Å². The zero-order chi connectivity index (χ0) is 15.2. The standard InChI is InChI=1S/C16H14Cl2OS2/c1-9(2)21-16(18)8-10(17)7-12-14(19)11-5-3-4-6-13(11)20-15(12)16/h3-7,9H,8H2,1-2H3. The van der Waals surface area contributed by atoms with E-state index in [1.807, 2.05) is 24.3 Å². The Morgan fingerprint density at radius 1 is 1.33 bits per heavy atom. The highest BCUT2D eigenvalue weighted by atomic mass is 35.5. The van der Waals surface area contributed by atoms with Gasteiger partial charge in [-0.25, -0.2) is 0 Å². The molecule has 0 N–H and O–H groups in total. The first-order valence-corrected chi connectivity index (χ1v) is 9.15. The van der Waals surface area contributed by atoms with Crippen molar-refractivity contribution in [2.24, 2.45) is 0 Å². The van der Waals surface area contributed by atoms with Crippen LogP contribution in [0.5, 0.6) is 0 Å². The summed E-state index contributed by atoms with van der Waals surface area (Å²) in [5.74, 6) is 0. The highest BCUT2D eigenvalue weighted by Gasteiger charge is 2.39. The van der Waals surface area contributed by atoms with Crippen LogP contribution in [0.3, 0.4) is 0 Å². The van der Waals surface area contributed by atoms with Crippen LogP contribution in [0.2, 0.25) is 0 Å². The van der Waals surface area contributed by atoms with Crippen LogP contribution in [0, 0.1) is 0 Å². The summed E-state index contributed by atoms with van der Waals surface area (Å²) < 4.78 is 0.325. The number of rotatable bonds is 2. The molecular weight excluding hydrogens is 343 g/mol. The molecule has 1 aromatic carbocycles. The van der Waals surface area contributed by atoms with Gasteiger partial charge in [-0.05, 0) is 18.2 Å². The molecule has 0 aliphatic heterocycles. The fourth-order valence-electron chi connectivity index (χ4n) is 2.54. The number of hydrogen-bond acceptors (Lipinski definition) is 3. The van der Waals surface area contributed by atoms with Crippen molar-refractivity contribution in [3.05, 3.63) is 50.0 Å². The maximum absolute atomic E-state index is 12.7. The molecule has 0 fully saturated rings. The van der Waals surface area contributed by atoms with Crippen molar-refractivity contribution in [1.29, 1.82) is 0 Å². The fourth-order valence-corrected chi connectivity index (χ4v) is 6.49. The van der Waals surface area contributed by atoms with Gasteiger partial charge in [-0.15, -0.1) is 34.7 Å². The SMILES string of the molecule is CC(C)SC1(Cl)CC(Cl)=Cc2c1sc1ccccc1c2=O. The molecule has 0 spiro atoms. The largest absolute Gasteiger partial charge is 0.289 e. The smallest absolute Gasteiger partial charge is 0.195 e.